The Morgan fingerprint density at radius 1 is 1.29 bits per heavy atom. The zero-order valence-corrected chi connectivity index (χ0v) is 16.7. The van der Waals surface area contributed by atoms with E-state index in [1.165, 1.54) is 22.3 Å². The Labute approximate surface area is 167 Å². The summed E-state index contributed by atoms with van der Waals surface area (Å²) in [5.41, 5.74) is 0.664. The van der Waals surface area contributed by atoms with Crippen molar-refractivity contribution in [1.82, 2.24) is 9.88 Å². The molecule has 1 aromatic heterocycles. The molecule has 2 N–H and O–H groups in total. The minimum atomic E-state index is -0.389. The van der Waals surface area contributed by atoms with Crippen LogP contribution in [-0.2, 0) is 11.3 Å². The van der Waals surface area contributed by atoms with Crippen molar-refractivity contribution in [2.24, 2.45) is 0 Å². The number of nitrogens with one attached hydrogen (secondary N) is 2. The third kappa shape index (κ3) is 4.52. The summed E-state index contributed by atoms with van der Waals surface area (Å²) in [5, 5.41) is 15.7. The fourth-order valence-corrected chi connectivity index (χ4v) is 4.46. The molecule has 0 unspecified atom stereocenters. The molecule has 1 aromatic carbocycles. The Hall–Kier alpha value is -2.85. The summed E-state index contributed by atoms with van der Waals surface area (Å²) in [5.74, 6) is -0.389. The summed E-state index contributed by atoms with van der Waals surface area (Å²) in [6, 6.07) is 11.6. The van der Waals surface area contributed by atoms with Crippen LogP contribution in [0.1, 0.15) is 39.0 Å². The number of nitrogens with zero attached hydrogens (tertiary/aromatic N) is 2. The first-order chi connectivity index (χ1) is 13.6. The van der Waals surface area contributed by atoms with E-state index in [-0.39, 0.29) is 23.1 Å². The number of hydrogen-bond donors (Lipinski definition) is 2. The highest BCUT2D eigenvalue weighted by atomic mass is 32.1. The number of carbonyl (C=O) groups is 1. The van der Waals surface area contributed by atoms with Crippen molar-refractivity contribution in [1.29, 1.82) is 5.26 Å². The van der Waals surface area contributed by atoms with Gasteiger partial charge in [-0.3, -0.25) is 14.2 Å². The predicted molar refractivity (Wildman–Crippen MR) is 112 cm³/mol. The number of aromatic nitrogens is 1. The summed E-state index contributed by atoms with van der Waals surface area (Å²) in [4.78, 5) is 25.4. The van der Waals surface area contributed by atoms with Crippen LogP contribution in [0.2, 0.25) is 0 Å². The van der Waals surface area contributed by atoms with E-state index in [0.717, 1.165) is 31.4 Å². The van der Waals surface area contributed by atoms with Crippen molar-refractivity contribution in [2.75, 3.05) is 5.32 Å². The van der Waals surface area contributed by atoms with Crippen LogP contribution in [0.25, 0.3) is 11.8 Å². The molecule has 1 aliphatic carbocycles. The van der Waals surface area contributed by atoms with Gasteiger partial charge in [-0.15, -0.1) is 11.3 Å². The van der Waals surface area contributed by atoms with Gasteiger partial charge in [0.05, 0.1) is 0 Å². The molecule has 1 fully saturated rings. The van der Waals surface area contributed by atoms with Gasteiger partial charge in [0.1, 0.15) is 15.3 Å². The van der Waals surface area contributed by atoms with Crippen LogP contribution in [0.15, 0.2) is 35.1 Å². The lowest BCUT2D eigenvalue weighted by atomic mass is 9.95. The highest BCUT2D eigenvalue weighted by Crippen LogP contribution is 2.17. The molecule has 146 valence electrons. The minimum Gasteiger partial charge on any atom is -0.360 e. The van der Waals surface area contributed by atoms with Crippen molar-refractivity contribution < 1.29 is 4.79 Å². The molecule has 1 aliphatic rings. The average Bonchev–Trinajstić information content (AvgIpc) is 3.03. The highest BCUT2D eigenvalue weighted by Gasteiger charge is 2.20. The molecule has 0 radical (unpaired) electrons. The fraction of sp³-hybridized carbons (Fsp3) is 0.381. The van der Waals surface area contributed by atoms with Crippen LogP contribution in [0.3, 0.4) is 0 Å². The number of hydrogen-bond acceptors (Lipinski definition) is 5. The quantitative estimate of drug-likeness (QED) is 0.808. The van der Waals surface area contributed by atoms with E-state index in [9.17, 15) is 14.9 Å². The second-order valence-corrected chi connectivity index (χ2v) is 7.80. The number of benzene rings is 1. The van der Waals surface area contributed by atoms with Crippen LogP contribution in [-0.4, -0.2) is 16.5 Å². The molecule has 7 heteroatoms. The molecule has 6 nitrogen and oxygen atoms in total. The number of thiazole rings is 1. The maximum Gasteiger partial charge on any atom is 0.270 e. The highest BCUT2D eigenvalue weighted by molar-refractivity contribution is 7.07. The van der Waals surface area contributed by atoms with Crippen LogP contribution >= 0.6 is 11.3 Å². The summed E-state index contributed by atoms with van der Waals surface area (Å²) in [7, 11) is 0. The number of amides is 1. The lowest BCUT2D eigenvalue weighted by Crippen LogP contribution is -2.39. The first-order valence-corrected chi connectivity index (χ1v) is 10.4. The van der Waals surface area contributed by atoms with E-state index in [4.69, 9.17) is 0 Å². The standard InChI is InChI=1S/C21H24N4O2S/c1-2-25-20(27)18(14-23-15-9-5-3-6-10-15)28-21(25)17(13-22)19(26)24-16-11-7-4-8-12-16/h3,5-6,9-10,14,16,23H,2,4,7-8,11-12H2,1H3,(H,24,26)/b18-14+,21-17-. The topological polar surface area (TPSA) is 86.9 Å². The van der Waals surface area contributed by atoms with E-state index in [1.54, 1.807) is 6.20 Å². The fourth-order valence-electron chi connectivity index (χ4n) is 3.38. The Morgan fingerprint density at radius 2 is 2.00 bits per heavy atom. The minimum absolute atomic E-state index is 0.00823. The zero-order valence-electron chi connectivity index (χ0n) is 15.9. The number of para-hydroxylation sites is 1. The van der Waals surface area contributed by atoms with Gasteiger partial charge in [0.25, 0.3) is 11.5 Å². The summed E-state index contributed by atoms with van der Waals surface area (Å²) < 4.78 is 2.35. The first kappa shape index (κ1) is 19.9. The largest absolute Gasteiger partial charge is 0.360 e. The van der Waals surface area contributed by atoms with E-state index >= 15 is 0 Å². The van der Waals surface area contributed by atoms with Crippen molar-refractivity contribution in [3.8, 4) is 6.07 Å². The van der Waals surface area contributed by atoms with Crippen LogP contribution in [0.4, 0.5) is 5.69 Å². The van der Waals surface area contributed by atoms with Gasteiger partial charge in [0.15, 0.2) is 5.57 Å². The summed E-state index contributed by atoms with van der Waals surface area (Å²) in [6.45, 7) is 2.23. The SMILES string of the molecule is CCn1c(=O)/c(=C\Nc2ccccc2)s/c1=C(/C#N)C(=O)NC1CCCCC1. The number of rotatable bonds is 5. The van der Waals surface area contributed by atoms with E-state index in [1.807, 2.05) is 43.3 Å². The van der Waals surface area contributed by atoms with Gasteiger partial charge in [-0.05, 0) is 31.9 Å². The average molecular weight is 397 g/mol. The van der Waals surface area contributed by atoms with E-state index in [2.05, 4.69) is 10.6 Å². The number of carbonyl (C=O) groups excluding carboxylic acids is 1. The molecular formula is C21H24N4O2S. The lowest BCUT2D eigenvalue weighted by molar-refractivity contribution is -0.116. The third-order valence-corrected chi connectivity index (χ3v) is 5.99. The van der Waals surface area contributed by atoms with Crippen molar-refractivity contribution in [2.45, 2.75) is 51.6 Å². The second kappa shape index (κ2) is 9.38. The first-order valence-electron chi connectivity index (χ1n) is 9.60. The molecule has 1 amide bonds. The molecule has 3 rings (SSSR count). The molecule has 0 bridgehead atoms. The molecule has 1 heterocycles. The van der Waals surface area contributed by atoms with Gasteiger partial charge >= 0.3 is 0 Å². The van der Waals surface area contributed by atoms with Crippen LogP contribution in [0, 0.1) is 11.3 Å². The van der Waals surface area contributed by atoms with Gasteiger partial charge in [0.2, 0.25) is 0 Å². The molecular weight excluding hydrogens is 372 g/mol. The number of anilines is 1. The van der Waals surface area contributed by atoms with E-state index in [0.29, 0.717) is 15.7 Å². The molecule has 0 atom stereocenters. The maximum atomic E-state index is 12.7. The Kier molecular flexibility index (Phi) is 6.66. The lowest BCUT2D eigenvalue weighted by Gasteiger charge is -2.22. The summed E-state index contributed by atoms with van der Waals surface area (Å²) >= 11 is 1.17. The number of nitriles is 1. The van der Waals surface area contributed by atoms with Crippen molar-refractivity contribution >= 4 is 34.7 Å². The van der Waals surface area contributed by atoms with Gasteiger partial charge in [0, 0.05) is 24.5 Å². The van der Waals surface area contributed by atoms with Crippen LogP contribution in [0.5, 0.6) is 0 Å². The van der Waals surface area contributed by atoms with Crippen molar-refractivity contribution in [3.63, 3.8) is 0 Å². The van der Waals surface area contributed by atoms with Gasteiger partial charge in [-0.1, -0.05) is 37.5 Å². The predicted octanol–water partition coefficient (Wildman–Crippen LogP) is 1.90. The maximum absolute atomic E-state index is 12.7. The van der Waals surface area contributed by atoms with Crippen molar-refractivity contribution in [3.05, 3.63) is 49.9 Å². The molecule has 0 saturated heterocycles. The molecule has 1 saturated carbocycles. The second-order valence-electron chi connectivity index (χ2n) is 6.77. The normalized spacial score (nSPS) is 16.4. The zero-order chi connectivity index (χ0) is 19.9. The van der Waals surface area contributed by atoms with Gasteiger partial charge in [-0.2, -0.15) is 5.26 Å². The Bertz CT molecular complexity index is 1040. The van der Waals surface area contributed by atoms with Crippen LogP contribution < -0.4 is 25.4 Å². The van der Waals surface area contributed by atoms with Gasteiger partial charge < -0.3 is 10.6 Å². The molecule has 0 spiro atoms. The smallest absolute Gasteiger partial charge is 0.270 e. The van der Waals surface area contributed by atoms with E-state index < -0.39 is 0 Å². The third-order valence-electron chi connectivity index (χ3n) is 4.86. The Morgan fingerprint density at radius 3 is 2.64 bits per heavy atom. The monoisotopic (exact) mass is 396 g/mol. The molecule has 2 aromatic rings. The molecule has 0 aliphatic heterocycles. The molecule has 28 heavy (non-hydrogen) atoms. The van der Waals surface area contributed by atoms with Gasteiger partial charge in [-0.25, -0.2) is 0 Å². The summed E-state index contributed by atoms with van der Waals surface area (Å²) in [6.07, 6.45) is 6.89. The Balaban J connectivity index is 1.97.